The molecule has 0 aliphatic heterocycles. The smallest absolute Gasteiger partial charge is 0.191 e. The minimum atomic E-state index is 0. The molecule has 29 heavy (non-hydrogen) atoms. The van der Waals surface area contributed by atoms with Crippen molar-refractivity contribution in [1.29, 1.82) is 0 Å². The van der Waals surface area contributed by atoms with Gasteiger partial charge in [0.25, 0.3) is 0 Å². The Morgan fingerprint density at radius 1 is 1.07 bits per heavy atom. The molecular weight excluding hydrogens is 479 g/mol. The minimum Gasteiger partial charge on any atom is -0.497 e. The first-order chi connectivity index (χ1) is 13.8. The summed E-state index contributed by atoms with van der Waals surface area (Å²) in [5, 5.41) is 10.8. The van der Waals surface area contributed by atoms with E-state index < -0.39 is 0 Å². The van der Waals surface area contributed by atoms with E-state index in [1.165, 1.54) is 11.1 Å². The highest BCUT2D eigenvalue weighted by atomic mass is 127. The molecule has 1 heterocycles. The van der Waals surface area contributed by atoms with E-state index in [4.69, 9.17) is 9.73 Å². The summed E-state index contributed by atoms with van der Waals surface area (Å²) in [6, 6.07) is 16.4. The molecule has 0 spiro atoms. The molecule has 0 fully saturated rings. The Bertz CT molecular complexity index is 880. The van der Waals surface area contributed by atoms with Crippen LogP contribution in [0.1, 0.15) is 23.6 Å². The molecule has 0 bridgehead atoms. The van der Waals surface area contributed by atoms with Gasteiger partial charge in [-0.3, -0.25) is 0 Å². The lowest BCUT2D eigenvalue weighted by Crippen LogP contribution is -2.36. The molecule has 154 valence electrons. The maximum Gasteiger partial charge on any atom is 0.191 e. The molecule has 0 saturated heterocycles. The zero-order valence-electron chi connectivity index (χ0n) is 16.7. The number of methoxy groups -OCH3 is 1. The van der Waals surface area contributed by atoms with E-state index in [-0.39, 0.29) is 24.0 Å². The van der Waals surface area contributed by atoms with Gasteiger partial charge in [-0.2, -0.15) is 5.10 Å². The van der Waals surface area contributed by atoms with Gasteiger partial charge in [0.1, 0.15) is 18.4 Å². The average Bonchev–Trinajstić information content (AvgIpc) is 3.24. The van der Waals surface area contributed by atoms with Crippen molar-refractivity contribution in [3.8, 4) is 5.75 Å². The zero-order chi connectivity index (χ0) is 19.6. The Labute approximate surface area is 188 Å². The van der Waals surface area contributed by atoms with E-state index in [9.17, 15) is 0 Å². The maximum atomic E-state index is 5.20. The fourth-order valence-electron chi connectivity index (χ4n) is 2.77. The molecule has 7 nitrogen and oxygen atoms in total. The van der Waals surface area contributed by atoms with Gasteiger partial charge >= 0.3 is 0 Å². The van der Waals surface area contributed by atoms with E-state index in [2.05, 4.69) is 51.9 Å². The lowest BCUT2D eigenvalue weighted by atomic mass is 10.1. The number of benzene rings is 2. The number of rotatable bonds is 8. The third-order valence-electron chi connectivity index (χ3n) is 4.19. The monoisotopic (exact) mass is 506 g/mol. The zero-order valence-corrected chi connectivity index (χ0v) is 19.0. The highest BCUT2D eigenvalue weighted by Crippen LogP contribution is 2.11. The van der Waals surface area contributed by atoms with Crippen LogP contribution in [0.2, 0.25) is 0 Å². The SMILES string of the molecule is CCNC(=NCc1cccc(Cn2cncn2)c1)NCc1ccc(OC)cc1.I. The molecule has 2 aromatic carbocycles. The van der Waals surface area contributed by atoms with Crippen LogP contribution in [0, 0.1) is 0 Å². The predicted molar refractivity (Wildman–Crippen MR) is 126 cm³/mol. The quantitative estimate of drug-likeness (QED) is 0.279. The van der Waals surface area contributed by atoms with Crippen LogP contribution in [0.3, 0.4) is 0 Å². The van der Waals surface area contributed by atoms with E-state index in [0.29, 0.717) is 19.6 Å². The molecule has 0 unspecified atom stereocenters. The summed E-state index contributed by atoms with van der Waals surface area (Å²) in [6.45, 7) is 4.86. The lowest BCUT2D eigenvalue weighted by Gasteiger charge is -2.12. The summed E-state index contributed by atoms with van der Waals surface area (Å²) < 4.78 is 7.01. The summed E-state index contributed by atoms with van der Waals surface area (Å²) in [4.78, 5) is 8.69. The average molecular weight is 506 g/mol. The van der Waals surface area contributed by atoms with Crippen molar-refractivity contribution in [2.45, 2.75) is 26.6 Å². The van der Waals surface area contributed by atoms with E-state index in [0.717, 1.165) is 23.8 Å². The van der Waals surface area contributed by atoms with Crippen LogP contribution in [-0.4, -0.2) is 34.4 Å². The van der Waals surface area contributed by atoms with Gasteiger partial charge in [0, 0.05) is 13.1 Å². The molecule has 2 N–H and O–H groups in total. The van der Waals surface area contributed by atoms with Crippen LogP contribution < -0.4 is 15.4 Å². The Morgan fingerprint density at radius 3 is 2.55 bits per heavy atom. The van der Waals surface area contributed by atoms with Crippen LogP contribution in [0.25, 0.3) is 0 Å². The van der Waals surface area contributed by atoms with E-state index >= 15 is 0 Å². The van der Waals surface area contributed by atoms with Crippen LogP contribution in [0.15, 0.2) is 66.2 Å². The standard InChI is InChI=1S/C21H26N6O.HI/c1-3-23-21(24-12-17-7-9-20(28-2)10-8-17)25-13-18-5-4-6-19(11-18)14-27-16-22-15-26-27;/h4-11,15-16H,3,12-14H2,1-2H3,(H2,23,24,25);1H. The first-order valence-electron chi connectivity index (χ1n) is 9.32. The van der Waals surface area contributed by atoms with Crippen LogP contribution in [0.5, 0.6) is 5.75 Å². The maximum absolute atomic E-state index is 5.20. The van der Waals surface area contributed by atoms with Crippen molar-refractivity contribution in [3.05, 3.63) is 77.9 Å². The number of nitrogens with one attached hydrogen (secondary N) is 2. The van der Waals surface area contributed by atoms with Crippen molar-refractivity contribution >= 4 is 29.9 Å². The number of hydrogen-bond donors (Lipinski definition) is 2. The molecule has 0 radical (unpaired) electrons. The number of aliphatic imine (C=N–C) groups is 1. The fourth-order valence-corrected chi connectivity index (χ4v) is 2.77. The lowest BCUT2D eigenvalue weighted by molar-refractivity contribution is 0.414. The van der Waals surface area contributed by atoms with Crippen molar-refractivity contribution in [2.24, 2.45) is 4.99 Å². The van der Waals surface area contributed by atoms with Gasteiger partial charge in [-0.15, -0.1) is 24.0 Å². The van der Waals surface area contributed by atoms with Crippen molar-refractivity contribution in [1.82, 2.24) is 25.4 Å². The number of hydrogen-bond acceptors (Lipinski definition) is 4. The summed E-state index contributed by atoms with van der Waals surface area (Å²) >= 11 is 0. The summed E-state index contributed by atoms with van der Waals surface area (Å²) in [5.74, 6) is 1.65. The molecule has 0 amide bonds. The highest BCUT2D eigenvalue weighted by molar-refractivity contribution is 14.0. The Kier molecular flexibility index (Phi) is 9.42. The number of halogens is 1. The second-order valence-electron chi connectivity index (χ2n) is 6.31. The second kappa shape index (κ2) is 12.1. The Hall–Kier alpha value is -2.62. The van der Waals surface area contributed by atoms with Gasteiger partial charge in [0.2, 0.25) is 0 Å². The molecule has 0 saturated carbocycles. The first-order valence-corrected chi connectivity index (χ1v) is 9.32. The van der Waals surface area contributed by atoms with Gasteiger partial charge < -0.3 is 15.4 Å². The highest BCUT2D eigenvalue weighted by Gasteiger charge is 2.01. The summed E-state index contributed by atoms with van der Waals surface area (Å²) in [7, 11) is 1.67. The predicted octanol–water partition coefficient (Wildman–Crippen LogP) is 3.21. The number of guanidine groups is 1. The van der Waals surface area contributed by atoms with Crippen LogP contribution in [0.4, 0.5) is 0 Å². The van der Waals surface area contributed by atoms with Crippen LogP contribution >= 0.6 is 24.0 Å². The van der Waals surface area contributed by atoms with Gasteiger partial charge in [-0.1, -0.05) is 36.4 Å². The van der Waals surface area contributed by atoms with E-state index in [1.54, 1.807) is 19.8 Å². The molecule has 1 aromatic heterocycles. The van der Waals surface area contributed by atoms with Crippen molar-refractivity contribution < 1.29 is 4.74 Å². The van der Waals surface area contributed by atoms with Crippen LogP contribution in [-0.2, 0) is 19.6 Å². The third kappa shape index (κ3) is 7.37. The van der Waals surface area contributed by atoms with E-state index in [1.807, 2.05) is 28.9 Å². The molecule has 0 atom stereocenters. The normalized spacial score (nSPS) is 10.9. The Morgan fingerprint density at radius 2 is 1.86 bits per heavy atom. The molecule has 3 rings (SSSR count). The third-order valence-corrected chi connectivity index (χ3v) is 4.19. The fraction of sp³-hybridized carbons (Fsp3) is 0.286. The van der Waals surface area contributed by atoms with Crippen molar-refractivity contribution in [2.75, 3.05) is 13.7 Å². The summed E-state index contributed by atoms with van der Waals surface area (Å²) in [6.07, 6.45) is 3.27. The summed E-state index contributed by atoms with van der Waals surface area (Å²) in [5.41, 5.74) is 3.50. The van der Waals surface area contributed by atoms with Gasteiger partial charge in [-0.25, -0.2) is 14.7 Å². The molecule has 0 aliphatic rings. The Balaban J connectivity index is 0.00000300. The largest absolute Gasteiger partial charge is 0.497 e. The number of nitrogens with zero attached hydrogens (tertiary/aromatic N) is 4. The van der Waals surface area contributed by atoms with Crippen molar-refractivity contribution in [3.63, 3.8) is 0 Å². The number of ether oxygens (including phenoxy) is 1. The molecule has 8 heteroatoms. The minimum absolute atomic E-state index is 0. The topological polar surface area (TPSA) is 76.4 Å². The molecule has 0 aliphatic carbocycles. The second-order valence-corrected chi connectivity index (χ2v) is 6.31. The number of aromatic nitrogens is 3. The first kappa shape index (κ1) is 22.7. The van der Waals surface area contributed by atoms with Gasteiger partial charge in [0.15, 0.2) is 5.96 Å². The van der Waals surface area contributed by atoms with Gasteiger partial charge in [0.05, 0.1) is 20.2 Å². The molecular formula is C21H27IN6O. The van der Waals surface area contributed by atoms with Gasteiger partial charge in [-0.05, 0) is 35.7 Å². The molecule has 3 aromatic rings.